The van der Waals surface area contributed by atoms with Crippen molar-refractivity contribution in [2.45, 2.75) is 31.2 Å². The lowest BCUT2D eigenvalue weighted by atomic mass is 10.1. The van der Waals surface area contributed by atoms with Crippen LogP contribution in [0.2, 0.25) is 0 Å². The molecule has 0 saturated heterocycles. The van der Waals surface area contributed by atoms with Crippen LogP contribution in [-0.2, 0) is 16.4 Å². The molecule has 0 unspecified atom stereocenters. The molecule has 3 nitrogen and oxygen atoms in total. The summed E-state index contributed by atoms with van der Waals surface area (Å²) in [5.74, 6) is 0. The average molecular weight is 368 g/mol. The second-order valence-corrected chi connectivity index (χ2v) is 7.52. The van der Waals surface area contributed by atoms with Gasteiger partial charge in [-0.3, -0.25) is 0 Å². The molecule has 0 aromatic heterocycles. The minimum Gasteiger partial charge on any atom is -0.207 e. The number of sulfonamides is 1. The first-order valence-corrected chi connectivity index (χ1v) is 9.06. The van der Waals surface area contributed by atoms with Crippen LogP contribution in [0.1, 0.15) is 31.0 Å². The summed E-state index contributed by atoms with van der Waals surface area (Å²) in [7, 11) is -3.51. The number of aryl methyl sites for hydroxylation is 1. The summed E-state index contributed by atoms with van der Waals surface area (Å²) in [6.45, 7) is 3.94. The number of hydrogen-bond donors (Lipinski definition) is 1. The molecule has 0 heterocycles. The zero-order valence-electron chi connectivity index (χ0n) is 12.0. The minimum absolute atomic E-state index is 0.266. The molecule has 0 aliphatic heterocycles. The molecule has 0 fully saturated rings. The molecule has 0 spiro atoms. The molecule has 0 aliphatic rings. The zero-order chi connectivity index (χ0) is 15.5. The normalized spacial score (nSPS) is 13.1. The van der Waals surface area contributed by atoms with Crippen LogP contribution >= 0.6 is 15.9 Å². The van der Waals surface area contributed by atoms with Gasteiger partial charge in [0.05, 0.1) is 4.90 Å². The molecule has 0 bridgehead atoms. The predicted molar refractivity (Wildman–Crippen MR) is 88.7 cm³/mol. The van der Waals surface area contributed by atoms with E-state index in [1.165, 1.54) is 5.56 Å². The van der Waals surface area contributed by atoms with Gasteiger partial charge in [0, 0.05) is 10.5 Å². The smallest absolute Gasteiger partial charge is 0.207 e. The van der Waals surface area contributed by atoms with E-state index in [1.54, 1.807) is 24.3 Å². The fraction of sp³-hybridized carbons (Fsp3) is 0.250. The molecule has 5 heteroatoms. The van der Waals surface area contributed by atoms with Crippen molar-refractivity contribution < 1.29 is 8.42 Å². The zero-order valence-corrected chi connectivity index (χ0v) is 14.4. The second-order valence-electron chi connectivity index (χ2n) is 4.89. The van der Waals surface area contributed by atoms with Crippen LogP contribution in [0.15, 0.2) is 57.9 Å². The van der Waals surface area contributed by atoms with E-state index in [0.717, 1.165) is 16.5 Å². The van der Waals surface area contributed by atoms with Gasteiger partial charge in [-0.05, 0) is 48.7 Å². The molecule has 2 aromatic rings. The van der Waals surface area contributed by atoms with Crippen LogP contribution in [-0.4, -0.2) is 8.42 Å². The van der Waals surface area contributed by atoms with Crippen molar-refractivity contribution in [1.82, 2.24) is 4.72 Å². The maximum Gasteiger partial charge on any atom is 0.241 e. The number of rotatable bonds is 5. The number of halogens is 1. The Morgan fingerprint density at radius 2 is 1.62 bits per heavy atom. The standard InChI is InChI=1S/C16H18BrNO2S/c1-3-13-4-6-14(7-5-13)12(2)18-21(19,20)16-10-8-15(17)9-11-16/h4-12,18H,3H2,1-2H3/t12-/m0/s1. The van der Waals surface area contributed by atoms with Gasteiger partial charge in [-0.2, -0.15) is 0 Å². The van der Waals surface area contributed by atoms with Gasteiger partial charge in [-0.1, -0.05) is 47.1 Å². The highest BCUT2D eigenvalue weighted by Crippen LogP contribution is 2.19. The third kappa shape index (κ3) is 4.15. The van der Waals surface area contributed by atoms with Crippen LogP contribution in [0.4, 0.5) is 0 Å². The molecule has 0 aliphatic carbocycles. The quantitative estimate of drug-likeness (QED) is 0.866. The molecular weight excluding hydrogens is 350 g/mol. The van der Waals surface area contributed by atoms with E-state index >= 15 is 0 Å². The summed E-state index contributed by atoms with van der Waals surface area (Å²) in [5, 5.41) is 0. The Bertz CT molecular complexity index is 694. The van der Waals surface area contributed by atoms with Gasteiger partial charge in [0.25, 0.3) is 0 Å². The first-order valence-electron chi connectivity index (χ1n) is 6.79. The fourth-order valence-electron chi connectivity index (χ4n) is 2.02. The molecule has 112 valence electrons. The Morgan fingerprint density at radius 1 is 1.05 bits per heavy atom. The maximum absolute atomic E-state index is 12.3. The Balaban J connectivity index is 2.17. The Labute approximate surface area is 134 Å². The summed E-state index contributed by atoms with van der Waals surface area (Å²) < 4.78 is 28.2. The van der Waals surface area contributed by atoms with Crippen LogP contribution < -0.4 is 4.72 Å². The van der Waals surface area contributed by atoms with Gasteiger partial charge in [0.2, 0.25) is 10.0 Å². The van der Waals surface area contributed by atoms with Crippen molar-refractivity contribution in [3.63, 3.8) is 0 Å². The topological polar surface area (TPSA) is 46.2 Å². The number of benzene rings is 2. The first kappa shape index (κ1) is 16.2. The van der Waals surface area contributed by atoms with Crippen molar-refractivity contribution in [2.75, 3.05) is 0 Å². The van der Waals surface area contributed by atoms with Crippen LogP contribution in [0.25, 0.3) is 0 Å². The summed E-state index contributed by atoms with van der Waals surface area (Å²) in [6, 6.07) is 14.3. The first-order chi connectivity index (χ1) is 9.92. The molecule has 2 aromatic carbocycles. The lowest BCUT2D eigenvalue weighted by molar-refractivity contribution is 0.567. The van der Waals surface area contributed by atoms with Crippen LogP contribution in [0.5, 0.6) is 0 Å². The van der Waals surface area contributed by atoms with E-state index in [2.05, 4.69) is 27.6 Å². The highest BCUT2D eigenvalue weighted by Gasteiger charge is 2.18. The summed E-state index contributed by atoms with van der Waals surface area (Å²) in [6.07, 6.45) is 0.972. The molecule has 1 N–H and O–H groups in total. The average Bonchev–Trinajstić information content (AvgIpc) is 2.47. The van der Waals surface area contributed by atoms with Gasteiger partial charge < -0.3 is 0 Å². The second kappa shape index (κ2) is 6.73. The number of hydrogen-bond acceptors (Lipinski definition) is 2. The SMILES string of the molecule is CCc1ccc([C@H](C)NS(=O)(=O)c2ccc(Br)cc2)cc1. The lowest BCUT2D eigenvalue weighted by Crippen LogP contribution is -2.26. The van der Waals surface area contributed by atoms with Gasteiger partial charge in [-0.25, -0.2) is 13.1 Å². The van der Waals surface area contributed by atoms with E-state index in [-0.39, 0.29) is 10.9 Å². The summed E-state index contributed by atoms with van der Waals surface area (Å²) in [4.78, 5) is 0.266. The molecule has 21 heavy (non-hydrogen) atoms. The van der Waals surface area contributed by atoms with Crippen LogP contribution in [0.3, 0.4) is 0 Å². The summed E-state index contributed by atoms with van der Waals surface area (Å²) in [5.41, 5.74) is 2.19. The molecule has 0 radical (unpaired) electrons. The fourth-order valence-corrected chi connectivity index (χ4v) is 3.52. The van der Waals surface area contributed by atoms with E-state index in [0.29, 0.717) is 0 Å². The van der Waals surface area contributed by atoms with Gasteiger partial charge >= 0.3 is 0 Å². The van der Waals surface area contributed by atoms with Gasteiger partial charge in [0.15, 0.2) is 0 Å². The van der Waals surface area contributed by atoms with E-state index in [1.807, 2.05) is 31.2 Å². The third-order valence-corrected chi connectivity index (χ3v) is 5.43. The highest BCUT2D eigenvalue weighted by atomic mass is 79.9. The van der Waals surface area contributed by atoms with Gasteiger partial charge in [-0.15, -0.1) is 0 Å². The highest BCUT2D eigenvalue weighted by molar-refractivity contribution is 9.10. The van der Waals surface area contributed by atoms with Crippen molar-refractivity contribution in [1.29, 1.82) is 0 Å². The van der Waals surface area contributed by atoms with Crippen molar-refractivity contribution in [3.8, 4) is 0 Å². The maximum atomic E-state index is 12.3. The van der Waals surface area contributed by atoms with E-state index in [4.69, 9.17) is 0 Å². The lowest BCUT2D eigenvalue weighted by Gasteiger charge is -2.15. The van der Waals surface area contributed by atoms with Gasteiger partial charge in [0.1, 0.15) is 0 Å². The minimum atomic E-state index is -3.51. The molecule has 1 atom stereocenters. The molecule has 2 rings (SSSR count). The predicted octanol–water partition coefficient (Wildman–Crippen LogP) is 4.05. The molecular formula is C16H18BrNO2S. The van der Waals surface area contributed by atoms with Crippen molar-refractivity contribution >= 4 is 26.0 Å². The molecule has 0 amide bonds. The van der Waals surface area contributed by atoms with E-state index in [9.17, 15) is 8.42 Å². The van der Waals surface area contributed by atoms with Crippen molar-refractivity contribution in [3.05, 3.63) is 64.1 Å². The Hall–Kier alpha value is -1.17. The number of nitrogens with one attached hydrogen (secondary N) is 1. The summed E-state index contributed by atoms with van der Waals surface area (Å²) >= 11 is 3.30. The Kier molecular flexibility index (Phi) is 5.19. The largest absolute Gasteiger partial charge is 0.241 e. The van der Waals surface area contributed by atoms with Crippen molar-refractivity contribution in [2.24, 2.45) is 0 Å². The molecule has 0 saturated carbocycles. The van der Waals surface area contributed by atoms with E-state index < -0.39 is 10.0 Å². The Morgan fingerprint density at radius 3 is 2.14 bits per heavy atom. The van der Waals surface area contributed by atoms with Crippen LogP contribution in [0, 0.1) is 0 Å². The monoisotopic (exact) mass is 367 g/mol. The third-order valence-electron chi connectivity index (χ3n) is 3.34.